The number of rotatable bonds is 6. The first-order valence-corrected chi connectivity index (χ1v) is 9.33. The summed E-state index contributed by atoms with van der Waals surface area (Å²) in [5.74, 6) is -0.569. The summed E-state index contributed by atoms with van der Waals surface area (Å²) in [7, 11) is 0. The van der Waals surface area contributed by atoms with E-state index in [1.807, 2.05) is 31.2 Å². The van der Waals surface area contributed by atoms with Crippen LogP contribution in [0, 0.1) is 6.92 Å². The Kier molecular flexibility index (Phi) is 6.67. The lowest BCUT2D eigenvalue weighted by atomic mass is 9.97. The number of anilines is 1. The van der Waals surface area contributed by atoms with Gasteiger partial charge in [-0.2, -0.15) is 0 Å². The summed E-state index contributed by atoms with van der Waals surface area (Å²) < 4.78 is 5.66. The molecule has 0 bridgehead atoms. The lowest BCUT2D eigenvalue weighted by Crippen LogP contribution is -2.18. The van der Waals surface area contributed by atoms with E-state index in [9.17, 15) is 14.7 Å². The van der Waals surface area contributed by atoms with Crippen LogP contribution in [0.2, 0.25) is 0 Å². The fourth-order valence-electron chi connectivity index (χ4n) is 3.08. The number of hydrogen-bond acceptors (Lipinski definition) is 5. The number of aryl methyl sites for hydroxylation is 1. The van der Waals surface area contributed by atoms with Crippen molar-refractivity contribution in [3.63, 3.8) is 0 Å². The fraction of sp³-hybridized carbons (Fsp3) is 0.130. The summed E-state index contributed by atoms with van der Waals surface area (Å²) in [4.78, 5) is 23.8. The Bertz CT molecular complexity index is 1080. The zero-order chi connectivity index (χ0) is 21.5. The standard InChI is InChI=1S/C23H22N2O5/c1-15-9-11-16(12-10-15)24-23(28)30-21(7-4-8-22(27)25-29)19-13-14-20(26)18-6-3-2-5-17(18)19/h2-6,8-14,21,26,29H,7H2,1H3,(H,24,28)(H,25,27)/b8-4+/t21-/m0/s1. The van der Waals surface area contributed by atoms with Crippen molar-refractivity contribution in [3.8, 4) is 5.75 Å². The predicted molar refractivity (Wildman–Crippen MR) is 113 cm³/mol. The van der Waals surface area contributed by atoms with Crippen molar-refractivity contribution in [2.45, 2.75) is 19.4 Å². The Morgan fingerprint density at radius 3 is 2.43 bits per heavy atom. The minimum Gasteiger partial charge on any atom is -0.507 e. The van der Waals surface area contributed by atoms with Crippen LogP contribution in [-0.4, -0.2) is 22.3 Å². The van der Waals surface area contributed by atoms with Crippen LogP contribution in [0.3, 0.4) is 0 Å². The first kappa shape index (κ1) is 20.9. The molecule has 3 aromatic rings. The molecule has 3 aromatic carbocycles. The normalized spacial score (nSPS) is 11.9. The molecule has 0 fully saturated rings. The van der Waals surface area contributed by atoms with Crippen LogP contribution in [0.1, 0.15) is 23.7 Å². The van der Waals surface area contributed by atoms with E-state index in [0.29, 0.717) is 16.6 Å². The molecule has 2 amide bonds. The van der Waals surface area contributed by atoms with Gasteiger partial charge in [0.2, 0.25) is 0 Å². The number of phenolic OH excluding ortho intramolecular Hbond substituents is 1. The number of amides is 2. The first-order chi connectivity index (χ1) is 14.5. The van der Waals surface area contributed by atoms with Crippen molar-refractivity contribution in [2.24, 2.45) is 0 Å². The van der Waals surface area contributed by atoms with Crippen LogP contribution in [0.15, 0.2) is 72.8 Å². The molecule has 3 rings (SSSR count). The predicted octanol–water partition coefficient (Wildman–Crippen LogP) is 4.60. The fourth-order valence-corrected chi connectivity index (χ4v) is 3.08. The van der Waals surface area contributed by atoms with Gasteiger partial charge in [-0.25, -0.2) is 10.3 Å². The molecule has 1 atom stereocenters. The van der Waals surface area contributed by atoms with Crippen molar-refractivity contribution in [1.82, 2.24) is 5.48 Å². The highest BCUT2D eigenvalue weighted by atomic mass is 16.6. The highest BCUT2D eigenvalue weighted by Gasteiger charge is 2.19. The third-order valence-corrected chi connectivity index (χ3v) is 4.56. The van der Waals surface area contributed by atoms with Crippen LogP contribution >= 0.6 is 0 Å². The van der Waals surface area contributed by atoms with Gasteiger partial charge in [0.25, 0.3) is 5.91 Å². The van der Waals surface area contributed by atoms with Crippen molar-refractivity contribution >= 4 is 28.5 Å². The van der Waals surface area contributed by atoms with E-state index in [1.54, 1.807) is 30.3 Å². The molecule has 0 heterocycles. The van der Waals surface area contributed by atoms with Gasteiger partial charge in [-0.15, -0.1) is 0 Å². The molecule has 0 saturated carbocycles. The number of fused-ring (bicyclic) bond motifs is 1. The second-order valence-electron chi connectivity index (χ2n) is 6.72. The van der Waals surface area contributed by atoms with Gasteiger partial charge in [0.1, 0.15) is 11.9 Å². The number of phenols is 1. The number of aromatic hydroxyl groups is 1. The van der Waals surface area contributed by atoms with Crippen molar-refractivity contribution in [2.75, 3.05) is 5.32 Å². The van der Waals surface area contributed by atoms with Gasteiger partial charge in [-0.3, -0.25) is 15.3 Å². The minimum absolute atomic E-state index is 0.118. The van der Waals surface area contributed by atoms with Crippen LogP contribution in [-0.2, 0) is 9.53 Å². The molecule has 7 nitrogen and oxygen atoms in total. The van der Waals surface area contributed by atoms with Crippen LogP contribution < -0.4 is 10.8 Å². The molecule has 7 heteroatoms. The quantitative estimate of drug-likeness (QED) is 0.272. The summed E-state index contributed by atoms with van der Waals surface area (Å²) >= 11 is 0. The Balaban J connectivity index is 1.88. The third kappa shape index (κ3) is 5.15. The zero-order valence-electron chi connectivity index (χ0n) is 16.3. The molecule has 0 aliphatic rings. The average molecular weight is 406 g/mol. The SMILES string of the molecule is Cc1ccc(NC(=O)O[C@@H](C/C=C/C(=O)NO)c2ccc(O)c3ccccc23)cc1. The molecule has 154 valence electrons. The van der Waals surface area contributed by atoms with Crippen molar-refractivity contribution < 1.29 is 24.6 Å². The first-order valence-electron chi connectivity index (χ1n) is 9.33. The van der Waals surface area contributed by atoms with E-state index in [1.165, 1.54) is 17.6 Å². The number of hydroxylamine groups is 1. The molecule has 0 unspecified atom stereocenters. The summed E-state index contributed by atoms with van der Waals surface area (Å²) in [6.07, 6.45) is 1.45. The molecule has 0 radical (unpaired) electrons. The number of benzene rings is 3. The summed E-state index contributed by atoms with van der Waals surface area (Å²) in [6, 6.07) is 17.7. The Morgan fingerprint density at radius 1 is 1.03 bits per heavy atom. The van der Waals surface area contributed by atoms with E-state index in [4.69, 9.17) is 9.94 Å². The summed E-state index contributed by atoms with van der Waals surface area (Å²) in [5.41, 5.74) is 3.85. The smallest absolute Gasteiger partial charge is 0.412 e. The molecule has 0 aliphatic heterocycles. The van der Waals surface area contributed by atoms with E-state index >= 15 is 0 Å². The van der Waals surface area contributed by atoms with Gasteiger partial charge in [-0.05, 0) is 30.5 Å². The third-order valence-electron chi connectivity index (χ3n) is 4.56. The minimum atomic E-state index is -0.733. The van der Waals surface area contributed by atoms with E-state index in [0.717, 1.165) is 17.0 Å². The van der Waals surface area contributed by atoms with Crippen LogP contribution in [0.5, 0.6) is 5.75 Å². The van der Waals surface area contributed by atoms with E-state index in [2.05, 4.69) is 5.32 Å². The average Bonchev–Trinajstić information content (AvgIpc) is 2.75. The van der Waals surface area contributed by atoms with Crippen molar-refractivity contribution in [1.29, 1.82) is 0 Å². The maximum atomic E-state index is 12.5. The second kappa shape index (κ2) is 9.58. The van der Waals surface area contributed by atoms with Crippen LogP contribution in [0.25, 0.3) is 10.8 Å². The number of nitrogens with one attached hydrogen (secondary N) is 2. The van der Waals surface area contributed by atoms with Gasteiger partial charge in [0.05, 0.1) is 0 Å². The Morgan fingerprint density at radius 2 is 1.73 bits per heavy atom. The molecule has 30 heavy (non-hydrogen) atoms. The van der Waals surface area contributed by atoms with Gasteiger partial charge in [0, 0.05) is 29.1 Å². The molecular weight excluding hydrogens is 384 g/mol. The summed E-state index contributed by atoms with van der Waals surface area (Å²) in [5, 5.41) is 22.8. The second-order valence-corrected chi connectivity index (χ2v) is 6.72. The maximum absolute atomic E-state index is 12.5. The van der Waals surface area contributed by atoms with Gasteiger partial charge < -0.3 is 9.84 Å². The molecule has 4 N–H and O–H groups in total. The van der Waals surface area contributed by atoms with Crippen molar-refractivity contribution in [3.05, 3.63) is 83.9 Å². The van der Waals surface area contributed by atoms with Gasteiger partial charge in [-0.1, -0.05) is 54.1 Å². The Hall–Kier alpha value is -3.84. The molecule has 0 aliphatic carbocycles. The number of ether oxygens (including phenoxy) is 1. The topological polar surface area (TPSA) is 108 Å². The molecular formula is C23H22N2O5. The van der Waals surface area contributed by atoms with E-state index in [-0.39, 0.29) is 12.2 Å². The van der Waals surface area contributed by atoms with Gasteiger partial charge >= 0.3 is 6.09 Å². The zero-order valence-corrected chi connectivity index (χ0v) is 16.3. The lowest BCUT2D eigenvalue weighted by Gasteiger charge is -2.19. The number of hydrogen-bond donors (Lipinski definition) is 4. The van der Waals surface area contributed by atoms with Crippen LogP contribution in [0.4, 0.5) is 10.5 Å². The largest absolute Gasteiger partial charge is 0.507 e. The monoisotopic (exact) mass is 406 g/mol. The van der Waals surface area contributed by atoms with Gasteiger partial charge in [0.15, 0.2) is 0 Å². The summed E-state index contributed by atoms with van der Waals surface area (Å²) in [6.45, 7) is 1.95. The maximum Gasteiger partial charge on any atom is 0.412 e. The molecule has 0 saturated heterocycles. The Labute approximate surface area is 173 Å². The van der Waals surface area contributed by atoms with E-state index < -0.39 is 18.1 Å². The lowest BCUT2D eigenvalue weighted by molar-refractivity contribution is -0.124. The highest BCUT2D eigenvalue weighted by molar-refractivity contribution is 5.92. The molecule has 0 spiro atoms. The number of carbonyl (C=O) groups excluding carboxylic acids is 2. The molecule has 0 aromatic heterocycles. The highest BCUT2D eigenvalue weighted by Crippen LogP contribution is 2.34. The number of carbonyl (C=O) groups is 2.